The number of carbonyl (C=O) groups is 2. The van der Waals surface area contributed by atoms with Crippen molar-refractivity contribution in [2.24, 2.45) is 0 Å². The minimum Gasteiger partial charge on any atom is -0.462 e. The monoisotopic (exact) mass is 1030 g/mol. The molecule has 5 nitrogen and oxygen atoms in total. The van der Waals surface area contributed by atoms with Gasteiger partial charge in [-0.2, -0.15) is 0 Å². The molecular weight excluding hydrogens is 909 g/mol. The zero-order valence-electron chi connectivity index (χ0n) is 49.6. The lowest BCUT2D eigenvalue weighted by Crippen LogP contribution is -2.30. The number of unbranched alkanes of at least 4 members (excludes halogenated alkanes) is 37. The van der Waals surface area contributed by atoms with Gasteiger partial charge in [0.2, 0.25) is 0 Å². The van der Waals surface area contributed by atoms with E-state index in [4.69, 9.17) is 14.2 Å². The maximum Gasteiger partial charge on any atom is 0.306 e. The van der Waals surface area contributed by atoms with Crippen molar-refractivity contribution in [1.82, 2.24) is 0 Å². The molecule has 0 amide bonds. The first kappa shape index (κ1) is 71.3. The van der Waals surface area contributed by atoms with Crippen LogP contribution in [0, 0.1) is 0 Å². The molecule has 0 aliphatic carbocycles. The molecule has 74 heavy (non-hydrogen) atoms. The highest BCUT2D eigenvalue weighted by Gasteiger charge is 2.18. The predicted molar refractivity (Wildman–Crippen MR) is 325 cm³/mol. The van der Waals surface area contributed by atoms with E-state index in [0.29, 0.717) is 19.4 Å². The molecule has 0 radical (unpaired) electrons. The van der Waals surface area contributed by atoms with Gasteiger partial charge in [0.05, 0.1) is 6.61 Å². The van der Waals surface area contributed by atoms with Crippen molar-refractivity contribution in [3.63, 3.8) is 0 Å². The minimum atomic E-state index is -0.547. The molecule has 430 valence electrons. The number of allylic oxidation sites excluding steroid dienone is 12. The first-order valence-electron chi connectivity index (χ1n) is 32.5. The van der Waals surface area contributed by atoms with E-state index < -0.39 is 6.10 Å². The van der Waals surface area contributed by atoms with Crippen molar-refractivity contribution in [2.45, 2.75) is 335 Å². The number of hydrogen-bond acceptors (Lipinski definition) is 5. The fraction of sp³-hybridized carbons (Fsp3) is 0.797. The summed E-state index contributed by atoms with van der Waals surface area (Å²) in [5.74, 6) is -0.403. The molecule has 0 aliphatic heterocycles. The summed E-state index contributed by atoms with van der Waals surface area (Å²) in [5.41, 5.74) is 0. The van der Waals surface area contributed by atoms with Crippen molar-refractivity contribution in [1.29, 1.82) is 0 Å². The number of hydrogen-bond donors (Lipinski definition) is 0. The SMILES string of the molecule is CC/C=C\C/C=C\C/C=C\C/C=C\CCCCCCCCC(=O)OCC(COCCCCCCCCCCCCCCCCCCCCCC)OC(=O)CCCCCCCCCCC/C=C\C/C=C\CCCCC. The fourth-order valence-electron chi connectivity index (χ4n) is 9.42. The van der Waals surface area contributed by atoms with Crippen LogP contribution in [0.4, 0.5) is 0 Å². The summed E-state index contributed by atoms with van der Waals surface area (Å²) in [4.78, 5) is 25.6. The maximum atomic E-state index is 12.9. The zero-order chi connectivity index (χ0) is 53.4. The molecule has 0 aromatic heterocycles. The number of ether oxygens (including phenoxy) is 3. The normalized spacial score (nSPS) is 12.6. The van der Waals surface area contributed by atoms with E-state index >= 15 is 0 Å². The van der Waals surface area contributed by atoms with Crippen molar-refractivity contribution in [3.05, 3.63) is 72.9 Å². The fourth-order valence-corrected chi connectivity index (χ4v) is 9.42. The molecule has 1 unspecified atom stereocenters. The summed E-state index contributed by atoms with van der Waals surface area (Å²) >= 11 is 0. The van der Waals surface area contributed by atoms with E-state index in [1.165, 1.54) is 212 Å². The van der Waals surface area contributed by atoms with Gasteiger partial charge in [-0.25, -0.2) is 0 Å². The quantitative estimate of drug-likeness (QED) is 0.0345. The Morgan fingerprint density at radius 1 is 0.311 bits per heavy atom. The van der Waals surface area contributed by atoms with Crippen LogP contribution in [-0.4, -0.2) is 37.9 Å². The lowest BCUT2D eigenvalue weighted by Gasteiger charge is -2.18. The van der Waals surface area contributed by atoms with Crippen LogP contribution >= 0.6 is 0 Å². The highest BCUT2D eigenvalue weighted by atomic mass is 16.6. The van der Waals surface area contributed by atoms with E-state index in [1.807, 2.05) is 0 Å². The van der Waals surface area contributed by atoms with E-state index in [9.17, 15) is 9.59 Å². The second-order valence-corrected chi connectivity index (χ2v) is 21.6. The Labute approximate surface area is 461 Å². The summed E-state index contributed by atoms with van der Waals surface area (Å²) in [6.45, 7) is 7.73. The Bertz CT molecular complexity index is 1310. The van der Waals surface area contributed by atoms with E-state index in [-0.39, 0.29) is 25.2 Å². The molecule has 0 fully saturated rings. The second kappa shape index (κ2) is 64.6. The average molecular weight is 1030 g/mol. The van der Waals surface area contributed by atoms with Gasteiger partial charge in [0.1, 0.15) is 6.61 Å². The van der Waals surface area contributed by atoms with Crippen LogP contribution in [0.3, 0.4) is 0 Å². The van der Waals surface area contributed by atoms with Crippen LogP contribution in [0.5, 0.6) is 0 Å². The van der Waals surface area contributed by atoms with Crippen molar-refractivity contribution >= 4 is 11.9 Å². The van der Waals surface area contributed by atoms with E-state index in [2.05, 4.69) is 93.7 Å². The molecular formula is C69H124O5. The molecule has 0 heterocycles. The molecule has 0 aliphatic rings. The highest BCUT2D eigenvalue weighted by Crippen LogP contribution is 2.17. The van der Waals surface area contributed by atoms with Gasteiger partial charge < -0.3 is 14.2 Å². The largest absolute Gasteiger partial charge is 0.462 e. The molecule has 0 saturated carbocycles. The molecule has 0 saturated heterocycles. The molecule has 0 bridgehead atoms. The van der Waals surface area contributed by atoms with Crippen LogP contribution in [0.15, 0.2) is 72.9 Å². The Hall–Kier alpha value is -2.66. The van der Waals surface area contributed by atoms with Crippen LogP contribution < -0.4 is 0 Å². The molecule has 0 aromatic carbocycles. The van der Waals surface area contributed by atoms with Crippen molar-refractivity contribution < 1.29 is 23.8 Å². The Morgan fingerprint density at radius 3 is 1.00 bits per heavy atom. The average Bonchev–Trinajstić information content (AvgIpc) is 3.40. The van der Waals surface area contributed by atoms with Gasteiger partial charge in [-0.1, -0.05) is 299 Å². The molecule has 0 N–H and O–H groups in total. The number of esters is 2. The van der Waals surface area contributed by atoms with Gasteiger partial charge in [0.25, 0.3) is 0 Å². The van der Waals surface area contributed by atoms with Gasteiger partial charge in [-0.3, -0.25) is 9.59 Å². The standard InChI is InChI=1S/C69H124O5/c1-4-7-10-13-16-19-22-25-28-31-34-37-40-43-46-49-52-55-58-61-64-72-65-67(74-69(71)63-60-57-54-51-48-45-42-39-36-33-30-27-24-21-18-15-12-9-6-3)66-73-68(70)62-59-56-53-50-47-44-41-38-35-32-29-26-23-20-17-14-11-8-5-2/h8,11,17-18,20-21,26-27,29-30,35,38,67H,4-7,9-10,12-16,19,22-25,28,31-34,36-37,39-66H2,1-3H3/b11-8-,20-17-,21-18-,29-26-,30-27-,38-35-. The lowest BCUT2D eigenvalue weighted by molar-refractivity contribution is -0.163. The van der Waals surface area contributed by atoms with E-state index in [1.54, 1.807) is 0 Å². The van der Waals surface area contributed by atoms with Crippen molar-refractivity contribution in [2.75, 3.05) is 19.8 Å². The van der Waals surface area contributed by atoms with Crippen LogP contribution in [0.1, 0.15) is 329 Å². The van der Waals surface area contributed by atoms with Gasteiger partial charge >= 0.3 is 11.9 Å². The summed E-state index contributed by atoms with van der Waals surface area (Å²) in [6.07, 6.45) is 85.1. The summed E-state index contributed by atoms with van der Waals surface area (Å²) in [5, 5.41) is 0. The Morgan fingerprint density at radius 2 is 0.608 bits per heavy atom. The van der Waals surface area contributed by atoms with Gasteiger partial charge in [-0.05, 0) is 89.9 Å². The Balaban J connectivity index is 4.29. The number of rotatable bonds is 60. The highest BCUT2D eigenvalue weighted by molar-refractivity contribution is 5.70. The topological polar surface area (TPSA) is 61.8 Å². The van der Waals surface area contributed by atoms with Crippen molar-refractivity contribution in [3.8, 4) is 0 Å². The zero-order valence-corrected chi connectivity index (χ0v) is 49.6. The maximum absolute atomic E-state index is 12.9. The third-order valence-electron chi connectivity index (χ3n) is 14.2. The number of carbonyl (C=O) groups excluding carboxylic acids is 2. The van der Waals surface area contributed by atoms with Crippen LogP contribution in [0.2, 0.25) is 0 Å². The second-order valence-electron chi connectivity index (χ2n) is 21.6. The van der Waals surface area contributed by atoms with Crippen LogP contribution in [0.25, 0.3) is 0 Å². The van der Waals surface area contributed by atoms with Crippen LogP contribution in [-0.2, 0) is 23.8 Å². The molecule has 0 spiro atoms. The molecule has 0 aromatic rings. The predicted octanol–water partition coefficient (Wildman–Crippen LogP) is 22.6. The Kier molecular flexibility index (Phi) is 62.3. The van der Waals surface area contributed by atoms with Gasteiger partial charge in [-0.15, -0.1) is 0 Å². The van der Waals surface area contributed by atoms with E-state index in [0.717, 1.165) is 83.5 Å². The third-order valence-corrected chi connectivity index (χ3v) is 14.2. The first-order valence-corrected chi connectivity index (χ1v) is 32.5. The van der Waals surface area contributed by atoms with Gasteiger partial charge in [0, 0.05) is 19.4 Å². The smallest absolute Gasteiger partial charge is 0.306 e. The molecule has 5 heteroatoms. The lowest BCUT2D eigenvalue weighted by atomic mass is 10.0. The summed E-state index contributed by atoms with van der Waals surface area (Å²) in [7, 11) is 0. The first-order chi connectivity index (χ1) is 36.6. The molecule has 1 atom stereocenters. The third kappa shape index (κ3) is 61.9. The minimum absolute atomic E-state index is 0.0773. The van der Waals surface area contributed by atoms with Gasteiger partial charge in [0.15, 0.2) is 6.10 Å². The summed E-state index contributed by atoms with van der Waals surface area (Å²) < 4.78 is 17.6. The molecule has 0 rings (SSSR count). The summed E-state index contributed by atoms with van der Waals surface area (Å²) in [6, 6.07) is 0.